The molecule has 0 bridgehead atoms. The molecule has 5 heteroatoms. The van der Waals surface area contributed by atoms with Crippen LogP contribution >= 0.6 is 0 Å². The Morgan fingerprint density at radius 1 is 1.42 bits per heavy atom. The average Bonchev–Trinajstić information content (AvgIpc) is 2.38. The first-order valence-corrected chi connectivity index (χ1v) is 6.54. The summed E-state index contributed by atoms with van der Waals surface area (Å²) < 4.78 is 13.3. The highest BCUT2D eigenvalue weighted by Crippen LogP contribution is 2.25. The molecular formula is C14H21FN4. The fourth-order valence-corrected chi connectivity index (χ4v) is 2.61. The van der Waals surface area contributed by atoms with Gasteiger partial charge in [0.05, 0.1) is 0 Å². The average molecular weight is 264 g/mol. The molecule has 0 atom stereocenters. The largest absolute Gasteiger partial charge is 0.384 e. The predicted octanol–water partition coefficient (Wildman–Crippen LogP) is 1.64. The third kappa shape index (κ3) is 3.04. The lowest BCUT2D eigenvalue weighted by Gasteiger charge is -2.37. The lowest BCUT2D eigenvalue weighted by atomic mass is 10.0. The first kappa shape index (κ1) is 13.8. The Morgan fingerprint density at radius 3 is 2.63 bits per heavy atom. The number of halogens is 1. The maximum atomic E-state index is 13.3. The Morgan fingerprint density at radius 2 is 2.05 bits per heavy atom. The molecule has 2 rings (SSSR count). The third-order valence-corrected chi connectivity index (χ3v) is 3.86. The standard InChI is InChI=1S/C14H21FN4/c1-18-7-5-11(6-8-18)19(2)13-4-3-10(15)9-12(13)14(16)17/h3-4,9,11H,5-8H2,1-2H3,(H3,16,17). The smallest absolute Gasteiger partial charge is 0.125 e. The topological polar surface area (TPSA) is 56.4 Å². The van der Waals surface area contributed by atoms with Crippen molar-refractivity contribution >= 4 is 11.5 Å². The summed E-state index contributed by atoms with van der Waals surface area (Å²) in [6.45, 7) is 2.12. The van der Waals surface area contributed by atoms with Crippen molar-refractivity contribution in [3.05, 3.63) is 29.6 Å². The lowest BCUT2D eigenvalue weighted by molar-refractivity contribution is 0.253. The van der Waals surface area contributed by atoms with Crippen LogP contribution in [0.5, 0.6) is 0 Å². The van der Waals surface area contributed by atoms with Crippen molar-refractivity contribution in [1.29, 1.82) is 5.41 Å². The van der Waals surface area contributed by atoms with Crippen LogP contribution in [0.4, 0.5) is 10.1 Å². The molecule has 1 saturated heterocycles. The second-order valence-electron chi connectivity index (χ2n) is 5.22. The van der Waals surface area contributed by atoms with Gasteiger partial charge in [-0.15, -0.1) is 0 Å². The number of rotatable bonds is 3. The number of likely N-dealkylation sites (tertiary alicyclic amines) is 1. The zero-order valence-corrected chi connectivity index (χ0v) is 11.5. The number of nitrogens with one attached hydrogen (secondary N) is 1. The monoisotopic (exact) mass is 264 g/mol. The second-order valence-corrected chi connectivity index (χ2v) is 5.22. The number of piperidine rings is 1. The van der Waals surface area contributed by atoms with Gasteiger partial charge in [-0.05, 0) is 51.2 Å². The van der Waals surface area contributed by atoms with Crippen LogP contribution < -0.4 is 10.6 Å². The van der Waals surface area contributed by atoms with Crippen molar-refractivity contribution in [2.24, 2.45) is 5.73 Å². The SMILES string of the molecule is CN1CCC(N(C)c2ccc(F)cc2C(=N)N)CC1. The van der Waals surface area contributed by atoms with Crippen molar-refractivity contribution in [2.45, 2.75) is 18.9 Å². The Labute approximate surface area is 113 Å². The summed E-state index contributed by atoms with van der Waals surface area (Å²) in [5.41, 5.74) is 6.86. The molecule has 19 heavy (non-hydrogen) atoms. The molecule has 0 aromatic heterocycles. The molecule has 1 fully saturated rings. The molecule has 1 heterocycles. The molecule has 0 saturated carbocycles. The van der Waals surface area contributed by atoms with Crippen LogP contribution in [-0.2, 0) is 0 Å². The van der Waals surface area contributed by atoms with Crippen LogP contribution in [-0.4, -0.2) is 44.0 Å². The first-order chi connectivity index (χ1) is 8.99. The maximum absolute atomic E-state index is 13.3. The molecule has 0 spiro atoms. The van der Waals surface area contributed by atoms with Gasteiger partial charge in [-0.3, -0.25) is 5.41 Å². The van der Waals surface area contributed by atoms with E-state index in [0.717, 1.165) is 31.6 Å². The van der Waals surface area contributed by atoms with E-state index in [1.807, 2.05) is 7.05 Å². The highest BCUT2D eigenvalue weighted by molar-refractivity contribution is 6.00. The fourth-order valence-electron chi connectivity index (χ4n) is 2.61. The number of hydrogen-bond donors (Lipinski definition) is 2. The van der Waals surface area contributed by atoms with Crippen LogP contribution in [0.2, 0.25) is 0 Å². The van der Waals surface area contributed by atoms with Gasteiger partial charge in [0.2, 0.25) is 0 Å². The van der Waals surface area contributed by atoms with Crippen LogP contribution in [0, 0.1) is 11.2 Å². The van der Waals surface area contributed by atoms with Crippen molar-refractivity contribution in [3.63, 3.8) is 0 Å². The summed E-state index contributed by atoms with van der Waals surface area (Å²) in [4.78, 5) is 4.43. The Hall–Kier alpha value is -1.62. The minimum absolute atomic E-state index is 0.0886. The highest BCUT2D eigenvalue weighted by atomic mass is 19.1. The van der Waals surface area contributed by atoms with E-state index in [2.05, 4.69) is 16.8 Å². The van der Waals surface area contributed by atoms with Gasteiger partial charge in [-0.25, -0.2) is 4.39 Å². The summed E-state index contributed by atoms with van der Waals surface area (Å²) in [5, 5.41) is 7.59. The molecule has 0 amide bonds. The summed E-state index contributed by atoms with van der Waals surface area (Å²) >= 11 is 0. The maximum Gasteiger partial charge on any atom is 0.125 e. The molecule has 3 N–H and O–H groups in total. The van der Waals surface area contributed by atoms with Gasteiger partial charge >= 0.3 is 0 Å². The quantitative estimate of drug-likeness (QED) is 0.644. The predicted molar refractivity (Wildman–Crippen MR) is 76.3 cm³/mol. The van der Waals surface area contributed by atoms with E-state index in [9.17, 15) is 4.39 Å². The van der Waals surface area contributed by atoms with Gasteiger partial charge in [0.25, 0.3) is 0 Å². The second kappa shape index (κ2) is 5.57. The van der Waals surface area contributed by atoms with Gasteiger partial charge in [0.1, 0.15) is 11.7 Å². The van der Waals surface area contributed by atoms with Gasteiger partial charge < -0.3 is 15.5 Å². The van der Waals surface area contributed by atoms with Crippen LogP contribution in [0.25, 0.3) is 0 Å². The Kier molecular flexibility index (Phi) is 4.04. The fraction of sp³-hybridized carbons (Fsp3) is 0.500. The van der Waals surface area contributed by atoms with E-state index in [0.29, 0.717) is 11.6 Å². The Balaban J connectivity index is 2.23. The summed E-state index contributed by atoms with van der Waals surface area (Å²) in [5.74, 6) is -0.444. The van der Waals surface area contributed by atoms with Crippen LogP contribution in [0.3, 0.4) is 0 Å². The van der Waals surface area contributed by atoms with E-state index in [-0.39, 0.29) is 11.7 Å². The van der Waals surface area contributed by atoms with E-state index >= 15 is 0 Å². The van der Waals surface area contributed by atoms with Crippen molar-refractivity contribution in [3.8, 4) is 0 Å². The molecule has 0 radical (unpaired) electrons. The summed E-state index contributed by atoms with van der Waals surface area (Å²) in [6, 6.07) is 4.89. The van der Waals surface area contributed by atoms with E-state index in [1.165, 1.54) is 12.1 Å². The minimum Gasteiger partial charge on any atom is -0.384 e. The van der Waals surface area contributed by atoms with E-state index < -0.39 is 0 Å². The molecule has 1 aromatic rings. The third-order valence-electron chi connectivity index (χ3n) is 3.86. The number of benzene rings is 1. The number of nitrogens with two attached hydrogens (primary N) is 1. The molecule has 4 nitrogen and oxygen atoms in total. The normalized spacial score (nSPS) is 17.4. The molecule has 0 unspecified atom stereocenters. The molecule has 1 aliphatic heterocycles. The summed E-state index contributed by atoms with van der Waals surface area (Å²) in [6.07, 6.45) is 2.14. The van der Waals surface area contributed by atoms with Crippen LogP contribution in [0.1, 0.15) is 18.4 Å². The van der Waals surface area contributed by atoms with Crippen molar-refractivity contribution in [2.75, 3.05) is 32.1 Å². The minimum atomic E-state index is -0.356. The molecular weight excluding hydrogens is 243 g/mol. The zero-order valence-electron chi connectivity index (χ0n) is 11.5. The molecule has 104 valence electrons. The first-order valence-electron chi connectivity index (χ1n) is 6.54. The van der Waals surface area contributed by atoms with Gasteiger partial charge in [-0.2, -0.15) is 0 Å². The van der Waals surface area contributed by atoms with Gasteiger partial charge in [-0.1, -0.05) is 0 Å². The number of amidine groups is 1. The van der Waals surface area contributed by atoms with Crippen molar-refractivity contribution < 1.29 is 4.39 Å². The number of nitrogen functional groups attached to an aromatic ring is 1. The zero-order chi connectivity index (χ0) is 14.0. The van der Waals surface area contributed by atoms with Crippen LogP contribution in [0.15, 0.2) is 18.2 Å². The lowest BCUT2D eigenvalue weighted by Crippen LogP contribution is -2.42. The van der Waals surface area contributed by atoms with E-state index in [1.54, 1.807) is 6.07 Å². The number of nitrogens with zero attached hydrogens (tertiary/aromatic N) is 2. The Bertz CT molecular complexity index is 467. The van der Waals surface area contributed by atoms with Crippen molar-refractivity contribution in [1.82, 2.24) is 4.90 Å². The highest BCUT2D eigenvalue weighted by Gasteiger charge is 2.23. The van der Waals surface area contributed by atoms with Gasteiger partial charge in [0, 0.05) is 24.3 Å². The van der Waals surface area contributed by atoms with E-state index in [4.69, 9.17) is 11.1 Å². The summed E-state index contributed by atoms with van der Waals surface area (Å²) in [7, 11) is 4.12. The molecule has 1 aliphatic rings. The number of anilines is 1. The molecule has 1 aromatic carbocycles. The molecule has 0 aliphatic carbocycles. The van der Waals surface area contributed by atoms with Gasteiger partial charge in [0.15, 0.2) is 0 Å². The number of hydrogen-bond acceptors (Lipinski definition) is 3.